The Kier molecular flexibility index (Phi) is 2.59. The summed E-state index contributed by atoms with van der Waals surface area (Å²) in [6.07, 6.45) is 5.25. The van der Waals surface area contributed by atoms with Gasteiger partial charge in [-0.3, -0.25) is 0 Å². The molecule has 2 aromatic heterocycles. The Hall–Kier alpha value is -0.740. The lowest BCUT2D eigenvalue weighted by molar-refractivity contribution is 0.477. The average molecular weight is 249 g/mol. The molecule has 0 aliphatic rings. The monoisotopic (exact) mass is 248 g/mol. The van der Waals surface area contributed by atoms with Gasteiger partial charge in [0.2, 0.25) is 0 Å². The van der Waals surface area contributed by atoms with Crippen LogP contribution in [0.25, 0.3) is 5.65 Å². The molecule has 0 saturated carbocycles. The first-order valence-electron chi connectivity index (χ1n) is 3.08. The molecular weight excluding hydrogens is 243 g/mol. The highest BCUT2D eigenvalue weighted by atomic mass is 79.9. The highest BCUT2D eigenvalue weighted by Gasteiger charge is 2.00. The Labute approximate surface area is 83.6 Å². The second kappa shape index (κ2) is 3.33. The van der Waals surface area contributed by atoms with Crippen LogP contribution in [0.15, 0.2) is 29.1 Å². The molecule has 12 heavy (non-hydrogen) atoms. The van der Waals surface area contributed by atoms with Crippen molar-refractivity contribution in [1.29, 1.82) is 0 Å². The van der Waals surface area contributed by atoms with E-state index in [-0.39, 0.29) is 18.2 Å². The summed E-state index contributed by atoms with van der Waals surface area (Å²) >= 11 is 3.26. The van der Waals surface area contributed by atoms with Crippen molar-refractivity contribution in [2.75, 3.05) is 0 Å². The molecule has 64 valence electrons. The molecule has 1 N–H and O–H groups in total. The van der Waals surface area contributed by atoms with Gasteiger partial charge in [-0.05, 0) is 22.0 Å². The molecule has 0 bridgehead atoms. The quantitative estimate of drug-likeness (QED) is 0.777. The predicted octanol–water partition coefficient (Wildman–Crippen LogP) is 2.22. The van der Waals surface area contributed by atoms with Gasteiger partial charge in [-0.15, -0.1) is 12.4 Å². The van der Waals surface area contributed by atoms with Crippen molar-refractivity contribution in [2.45, 2.75) is 0 Å². The molecule has 0 atom stereocenters. The maximum atomic E-state index is 9.33. The summed E-state index contributed by atoms with van der Waals surface area (Å²) in [7, 11) is 0. The average Bonchev–Trinajstić information content (AvgIpc) is 2.34. The van der Waals surface area contributed by atoms with Crippen molar-refractivity contribution in [2.24, 2.45) is 0 Å². The fraction of sp³-hybridized carbons (Fsp3) is 0. The minimum Gasteiger partial charge on any atom is -0.504 e. The molecule has 0 aromatic carbocycles. The number of fused-ring (bicyclic) bond motifs is 1. The van der Waals surface area contributed by atoms with E-state index in [0.717, 1.165) is 4.47 Å². The summed E-state index contributed by atoms with van der Waals surface area (Å²) in [4.78, 5) is 3.95. The number of hydrogen-bond donors (Lipinski definition) is 1. The summed E-state index contributed by atoms with van der Waals surface area (Å²) in [5.41, 5.74) is 0.577. The van der Waals surface area contributed by atoms with Gasteiger partial charge in [0.05, 0.1) is 0 Å². The Morgan fingerprint density at radius 3 is 3.00 bits per heavy atom. The van der Waals surface area contributed by atoms with Gasteiger partial charge >= 0.3 is 0 Å². The minimum atomic E-state index is 0. The van der Waals surface area contributed by atoms with Crippen LogP contribution in [0.4, 0.5) is 0 Å². The first kappa shape index (κ1) is 9.35. The first-order chi connectivity index (χ1) is 5.27. The Balaban J connectivity index is 0.000000720. The van der Waals surface area contributed by atoms with Crippen LogP contribution in [0, 0.1) is 0 Å². The second-order valence-electron chi connectivity index (χ2n) is 2.20. The Morgan fingerprint density at radius 1 is 1.50 bits per heavy atom. The second-order valence-corrected chi connectivity index (χ2v) is 3.12. The normalized spacial score (nSPS) is 9.75. The summed E-state index contributed by atoms with van der Waals surface area (Å²) in [5.74, 6) is 0.185. The molecular formula is C7H6BrClN2O. The number of hydrogen-bond acceptors (Lipinski definition) is 2. The van der Waals surface area contributed by atoms with E-state index in [0.29, 0.717) is 5.65 Å². The molecule has 2 heterocycles. The topological polar surface area (TPSA) is 37.5 Å². The molecule has 2 rings (SSSR count). The third-order valence-corrected chi connectivity index (χ3v) is 1.87. The highest BCUT2D eigenvalue weighted by Crippen LogP contribution is 2.21. The largest absolute Gasteiger partial charge is 0.504 e. The van der Waals surface area contributed by atoms with Gasteiger partial charge in [0.1, 0.15) is 0 Å². The number of halogens is 2. The van der Waals surface area contributed by atoms with E-state index in [1.54, 1.807) is 22.9 Å². The van der Waals surface area contributed by atoms with Crippen molar-refractivity contribution in [1.82, 2.24) is 9.38 Å². The number of aromatic nitrogens is 2. The molecule has 5 heteroatoms. The van der Waals surface area contributed by atoms with Gasteiger partial charge in [-0.25, -0.2) is 4.98 Å². The van der Waals surface area contributed by atoms with Crippen molar-refractivity contribution < 1.29 is 5.11 Å². The SMILES string of the molecule is Cl.Oc1cc(Br)cn2ccnc12. The predicted molar refractivity (Wildman–Crippen MR) is 51.8 cm³/mol. The first-order valence-corrected chi connectivity index (χ1v) is 3.88. The van der Waals surface area contributed by atoms with Crippen molar-refractivity contribution in [3.05, 3.63) is 29.1 Å². The molecule has 0 amide bonds. The van der Waals surface area contributed by atoms with Crippen LogP contribution in [-0.4, -0.2) is 14.5 Å². The zero-order valence-electron chi connectivity index (χ0n) is 5.94. The fourth-order valence-electron chi connectivity index (χ4n) is 0.981. The van der Waals surface area contributed by atoms with E-state index < -0.39 is 0 Å². The summed E-state index contributed by atoms with van der Waals surface area (Å²) in [6.45, 7) is 0. The van der Waals surface area contributed by atoms with Crippen molar-refractivity contribution in [3.8, 4) is 5.75 Å². The molecule has 0 spiro atoms. The third-order valence-electron chi connectivity index (χ3n) is 1.43. The lowest BCUT2D eigenvalue weighted by Crippen LogP contribution is -1.82. The summed E-state index contributed by atoms with van der Waals surface area (Å²) in [5, 5.41) is 9.33. The highest BCUT2D eigenvalue weighted by molar-refractivity contribution is 9.10. The van der Waals surface area contributed by atoms with Crippen LogP contribution in [0.3, 0.4) is 0 Å². The number of aromatic hydroxyl groups is 1. The smallest absolute Gasteiger partial charge is 0.179 e. The van der Waals surface area contributed by atoms with Crippen LogP contribution in [0.1, 0.15) is 0 Å². The number of nitrogens with zero attached hydrogens (tertiary/aromatic N) is 2. The van der Waals surface area contributed by atoms with E-state index in [1.807, 2.05) is 6.20 Å². The number of rotatable bonds is 0. The fourth-order valence-corrected chi connectivity index (χ4v) is 1.42. The van der Waals surface area contributed by atoms with E-state index in [2.05, 4.69) is 20.9 Å². The zero-order valence-corrected chi connectivity index (χ0v) is 8.34. The maximum absolute atomic E-state index is 9.33. The summed E-state index contributed by atoms with van der Waals surface area (Å²) < 4.78 is 2.58. The Morgan fingerprint density at radius 2 is 2.25 bits per heavy atom. The molecule has 0 unspecified atom stereocenters. The standard InChI is InChI=1S/C7H5BrN2O.ClH/c8-5-3-6(11)7-9-1-2-10(7)4-5;/h1-4,11H;1H. The molecule has 0 aliphatic carbocycles. The van der Waals surface area contributed by atoms with Gasteiger partial charge < -0.3 is 9.51 Å². The van der Waals surface area contributed by atoms with Crippen LogP contribution in [0.5, 0.6) is 5.75 Å². The molecule has 3 nitrogen and oxygen atoms in total. The maximum Gasteiger partial charge on any atom is 0.179 e. The van der Waals surface area contributed by atoms with E-state index in [1.165, 1.54) is 0 Å². The van der Waals surface area contributed by atoms with Gasteiger partial charge in [0, 0.05) is 23.1 Å². The Bertz CT molecular complexity index is 401. The minimum absolute atomic E-state index is 0. The van der Waals surface area contributed by atoms with Gasteiger partial charge in [0.25, 0.3) is 0 Å². The zero-order chi connectivity index (χ0) is 7.84. The molecule has 0 saturated heterocycles. The number of pyridine rings is 1. The number of imidazole rings is 1. The van der Waals surface area contributed by atoms with E-state index in [4.69, 9.17) is 0 Å². The van der Waals surface area contributed by atoms with E-state index >= 15 is 0 Å². The van der Waals surface area contributed by atoms with Crippen LogP contribution in [0.2, 0.25) is 0 Å². The van der Waals surface area contributed by atoms with Gasteiger partial charge in [0.15, 0.2) is 11.4 Å². The lowest BCUT2D eigenvalue weighted by atomic mass is 10.4. The van der Waals surface area contributed by atoms with Crippen LogP contribution < -0.4 is 0 Å². The van der Waals surface area contributed by atoms with Crippen LogP contribution in [-0.2, 0) is 0 Å². The third kappa shape index (κ3) is 1.40. The van der Waals surface area contributed by atoms with E-state index in [9.17, 15) is 5.11 Å². The summed E-state index contributed by atoms with van der Waals surface area (Å²) in [6, 6.07) is 1.61. The van der Waals surface area contributed by atoms with Crippen molar-refractivity contribution in [3.63, 3.8) is 0 Å². The molecule has 0 fully saturated rings. The molecule has 0 aliphatic heterocycles. The van der Waals surface area contributed by atoms with Crippen LogP contribution >= 0.6 is 28.3 Å². The van der Waals surface area contributed by atoms with Gasteiger partial charge in [-0.2, -0.15) is 0 Å². The lowest BCUT2D eigenvalue weighted by Gasteiger charge is -1.96. The molecule has 2 aromatic rings. The van der Waals surface area contributed by atoms with Crippen molar-refractivity contribution >= 4 is 34.0 Å². The molecule has 0 radical (unpaired) electrons. The van der Waals surface area contributed by atoms with Gasteiger partial charge in [-0.1, -0.05) is 0 Å².